The summed E-state index contributed by atoms with van der Waals surface area (Å²) < 4.78 is 12.8. The molecule has 0 aliphatic heterocycles. The van der Waals surface area contributed by atoms with Crippen molar-refractivity contribution in [3.8, 4) is 11.1 Å². The topological polar surface area (TPSA) is 58.9 Å². The molecule has 2 aromatic rings. The van der Waals surface area contributed by atoms with Crippen molar-refractivity contribution in [1.29, 1.82) is 0 Å². The van der Waals surface area contributed by atoms with Crippen molar-refractivity contribution in [2.45, 2.75) is 0 Å². The van der Waals surface area contributed by atoms with Gasteiger partial charge in [-0.25, -0.2) is 4.39 Å². The van der Waals surface area contributed by atoms with E-state index in [-0.39, 0.29) is 11.2 Å². The molecule has 3 nitrogen and oxygen atoms in total. The number of rotatable bonds is 1. The third-order valence-corrected chi connectivity index (χ3v) is 2.12. The third kappa shape index (κ3) is 1.74. The highest BCUT2D eigenvalue weighted by atomic mass is 19.1. The normalized spacial score (nSPS) is 10.2. The molecule has 0 spiro atoms. The van der Waals surface area contributed by atoms with Crippen molar-refractivity contribution in [3.05, 3.63) is 52.7 Å². The molecular formula is C11H9FN2O. The number of nitrogens with one attached hydrogen (secondary N) is 1. The van der Waals surface area contributed by atoms with Gasteiger partial charge in [-0.2, -0.15) is 0 Å². The van der Waals surface area contributed by atoms with Crippen LogP contribution in [-0.4, -0.2) is 4.98 Å². The molecule has 3 N–H and O–H groups in total. The van der Waals surface area contributed by atoms with Gasteiger partial charge in [0, 0.05) is 23.0 Å². The van der Waals surface area contributed by atoms with Crippen LogP contribution in [0, 0.1) is 5.82 Å². The summed E-state index contributed by atoms with van der Waals surface area (Å²) in [4.78, 5) is 14.0. The maximum absolute atomic E-state index is 12.8. The van der Waals surface area contributed by atoms with Gasteiger partial charge in [-0.05, 0) is 30.3 Å². The maximum Gasteiger partial charge on any atom is 0.255 e. The predicted octanol–water partition coefficient (Wildman–Crippen LogP) is 1.76. The van der Waals surface area contributed by atoms with Gasteiger partial charge in [-0.15, -0.1) is 0 Å². The molecule has 0 bridgehead atoms. The highest BCUT2D eigenvalue weighted by Gasteiger charge is 2.06. The van der Waals surface area contributed by atoms with Crippen molar-refractivity contribution in [1.82, 2.24) is 4.98 Å². The van der Waals surface area contributed by atoms with Crippen LogP contribution in [0.3, 0.4) is 0 Å². The summed E-state index contributed by atoms with van der Waals surface area (Å²) in [6.45, 7) is 0. The van der Waals surface area contributed by atoms with Crippen molar-refractivity contribution >= 4 is 5.69 Å². The first-order valence-corrected chi connectivity index (χ1v) is 4.41. The van der Waals surface area contributed by atoms with Gasteiger partial charge in [-0.1, -0.05) is 0 Å². The molecule has 0 amide bonds. The first kappa shape index (κ1) is 9.45. The van der Waals surface area contributed by atoms with Gasteiger partial charge >= 0.3 is 0 Å². The van der Waals surface area contributed by atoms with Crippen molar-refractivity contribution in [3.63, 3.8) is 0 Å². The van der Waals surface area contributed by atoms with E-state index in [4.69, 9.17) is 5.73 Å². The average molecular weight is 204 g/mol. The zero-order chi connectivity index (χ0) is 10.8. The number of H-pyrrole nitrogens is 1. The Morgan fingerprint density at radius 1 is 1.20 bits per heavy atom. The van der Waals surface area contributed by atoms with Crippen LogP contribution in [0.5, 0.6) is 0 Å². The summed E-state index contributed by atoms with van der Waals surface area (Å²) in [7, 11) is 0. The van der Waals surface area contributed by atoms with E-state index < -0.39 is 5.82 Å². The molecule has 0 atom stereocenters. The van der Waals surface area contributed by atoms with E-state index in [0.717, 1.165) is 0 Å². The molecule has 4 heteroatoms. The predicted molar refractivity (Wildman–Crippen MR) is 56.9 cm³/mol. The number of anilines is 1. The number of nitrogen functional groups attached to an aromatic ring is 1. The summed E-state index contributed by atoms with van der Waals surface area (Å²) in [6, 6.07) is 7.30. The summed E-state index contributed by atoms with van der Waals surface area (Å²) >= 11 is 0. The number of aromatic nitrogens is 1. The lowest BCUT2D eigenvalue weighted by Gasteiger charge is -2.04. The Morgan fingerprint density at radius 2 is 2.00 bits per heavy atom. The second-order valence-electron chi connectivity index (χ2n) is 3.14. The van der Waals surface area contributed by atoms with Crippen LogP contribution in [0.25, 0.3) is 11.1 Å². The van der Waals surface area contributed by atoms with Crippen LogP contribution >= 0.6 is 0 Å². The Morgan fingerprint density at radius 3 is 2.67 bits per heavy atom. The number of hydrogen-bond donors (Lipinski definition) is 2. The van der Waals surface area contributed by atoms with E-state index in [1.807, 2.05) is 0 Å². The van der Waals surface area contributed by atoms with E-state index in [0.29, 0.717) is 11.1 Å². The van der Waals surface area contributed by atoms with Crippen LogP contribution in [0.4, 0.5) is 10.1 Å². The molecule has 0 aliphatic rings. The SMILES string of the molecule is Nc1cc(F)ccc1-c1ccc[nH]c1=O. The van der Waals surface area contributed by atoms with Crippen LogP contribution < -0.4 is 11.3 Å². The highest BCUT2D eigenvalue weighted by molar-refractivity contribution is 5.75. The van der Waals surface area contributed by atoms with Crippen molar-refractivity contribution in [2.24, 2.45) is 0 Å². The lowest BCUT2D eigenvalue weighted by molar-refractivity contribution is 0.628. The molecule has 2 rings (SSSR count). The molecule has 0 saturated carbocycles. The van der Waals surface area contributed by atoms with Crippen LogP contribution in [0.2, 0.25) is 0 Å². The van der Waals surface area contributed by atoms with E-state index >= 15 is 0 Å². The molecular weight excluding hydrogens is 195 g/mol. The zero-order valence-corrected chi connectivity index (χ0v) is 7.83. The lowest BCUT2D eigenvalue weighted by atomic mass is 10.1. The fourth-order valence-electron chi connectivity index (χ4n) is 1.41. The van der Waals surface area contributed by atoms with Gasteiger partial charge in [0.1, 0.15) is 5.82 Å². The molecule has 0 unspecified atom stereocenters. The standard InChI is InChI=1S/C11H9FN2O/c12-7-3-4-8(10(13)6-7)9-2-1-5-14-11(9)15/h1-6H,13H2,(H,14,15). The fraction of sp³-hybridized carbons (Fsp3) is 0. The third-order valence-electron chi connectivity index (χ3n) is 2.12. The van der Waals surface area contributed by atoms with Crippen LogP contribution in [0.15, 0.2) is 41.3 Å². The lowest BCUT2D eigenvalue weighted by Crippen LogP contribution is -2.08. The van der Waals surface area contributed by atoms with Gasteiger partial charge in [0.2, 0.25) is 0 Å². The summed E-state index contributed by atoms with van der Waals surface area (Å²) in [6.07, 6.45) is 1.53. The largest absolute Gasteiger partial charge is 0.398 e. The molecule has 15 heavy (non-hydrogen) atoms. The first-order valence-electron chi connectivity index (χ1n) is 4.41. The van der Waals surface area contributed by atoms with Crippen molar-refractivity contribution in [2.75, 3.05) is 5.73 Å². The zero-order valence-electron chi connectivity index (χ0n) is 7.83. The van der Waals surface area contributed by atoms with E-state index in [1.54, 1.807) is 12.1 Å². The van der Waals surface area contributed by atoms with Crippen LogP contribution in [0.1, 0.15) is 0 Å². The Balaban J connectivity index is 2.65. The quantitative estimate of drug-likeness (QED) is 0.695. The van der Waals surface area contributed by atoms with E-state index in [1.165, 1.54) is 24.4 Å². The van der Waals surface area contributed by atoms with Crippen LogP contribution in [-0.2, 0) is 0 Å². The molecule has 0 aliphatic carbocycles. The van der Waals surface area contributed by atoms with Gasteiger partial charge in [0.15, 0.2) is 0 Å². The molecule has 1 heterocycles. The molecule has 1 aromatic carbocycles. The smallest absolute Gasteiger partial charge is 0.255 e. The number of aromatic amines is 1. The Hall–Kier alpha value is -2.10. The second kappa shape index (κ2) is 3.57. The first-order chi connectivity index (χ1) is 7.18. The Bertz CT molecular complexity index is 548. The summed E-state index contributed by atoms with van der Waals surface area (Å²) in [5.41, 5.74) is 6.63. The molecule has 0 saturated heterocycles. The Kier molecular flexibility index (Phi) is 2.25. The fourth-order valence-corrected chi connectivity index (χ4v) is 1.41. The maximum atomic E-state index is 12.8. The molecule has 76 valence electrons. The Labute approximate surface area is 85.4 Å². The van der Waals surface area contributed by atoms with Crippen molar-refractivity contribution < 1.29 is 4.39 Å². The van der Waals surface area contributed by atoms with Gasteiger partial charge in [0.25, 0.3) is 5.56 Å². The summed E-state index contributed by atoms with van der Waals surface area (Å²) in [5.74, 6) is -0.413. The number of nitrogens with two attached hydrogens (primary N) is 1. The van der Waals surface area contributed by atoms with E-state index in [2.05, 4.69) is 4.98 Å². The second-order valence-corrected chi connectivity index (χ2v) is 3.14. The summed E-state index contributed by atoms with van der Waals surface area (Å²) in [5, 5.41) is 0. The molecule has 1 aromatic heterocycles. The van der Waals surface area contributed by atoms with Gasteiger partial charge in [-0.3, -0.25) is 4.79 Å². The highest BCUT2D eigenvalue weighted by Crippen LogP contribution is 2.23. The minimum atomic E-state index is -0.413. The number of hydrogen-bond acceptors (Lipinski definition) is 2. The number of halogens is 1. The number of pyridine rings is 1. The van der Waals surface area contributed by atoms with E-state index in [9.17, 15) is 9.18 Å². The number of benzene rings is 1. The van der Waals surface area contributed by atoms with Gasteiger partial charge < -0.3 is 10.7 Å². The monoisotopic (exact) mass is 204 g/mol. The molecule has 0 radical (unpaired) electrons. The molecule has 0 fully saturated rings. The minimum absolute atomic E-state index is 0.240. The minimum Gasteiger partial charge on any atom is -0.398 e. The average Bonchev–Trinajstić information content (AvgIpc) is 2.20. The van der Waals surface area contributed by atoms with Gasteiger partial charge in [0.05, 0.1) is 0 Å².